The van der Waals surface area contributed by atoms with Crippen LogP contribution in [0.2, 0.25) is 5.02 Å². The molecule has 17 heavy (non-hydrogen) atoms. The van der Waals surface area contributed by atoms with Crippen molar-refractivity contribution in [2.75, 3.05) is 0 Å². The fourth-order valence-electron chi connectivity index (χ4n) is 1.25. The lowest BCUT2D eigenvalue weighted by Crippen LogP contribution is -2.30. The van der Waals surface area contributed by atoms with E-state index in [9.17, 15) is 12.8 Å². The Bertz CT molecular complexity index is 517. The van der Waals surface area contributed by atoms with Crippen LogP contribution in [-0.2, 0) is 15.9 Å². The van der Waals surface area contributed by atoms with Crippen molar-refractivity contribution in [1.29, 1.82) is 0 Å². The van der Waals surface area contributed by atoms with Crippen LogP contribution < -0.4 is 4.72 Å². The summed E-state index contributed by atoms with van der Waals surface area (Å²) in [7, 11) is -3.74. The van der Waals surface area contributed by atoms with Crippen LogP contribution in [0.4, 0.5) is 4.39 Å². The molecule has 0 unspecified atom stereocenters. The summed E-state index contributed by atoms with van der Waals surface area (Å²) >= 11 is 11.2. The molecule has 0 saturated carbocycles. The second-order valence-corrected chi connectivity index (χ2v) is 6.15. The molecule has 7 heteroatoms. The fourth-order valence-corrected chi connectivity index (χ4v) is 3.02. The molecule has 0 aliphatic heterocycles. The molecule has 0 amide bonds. The molecule has 0 aromatic heterocycles. The highest BCUT2D eigenvalue weighted by molar-refractivity contribution is 7.89. The highest BCUT2D eigenvalue weighted by Gasteiger charge is 2.19. The molecule has 0 fully saturated rings. The van der Waals surface area contributed by atoms with Gasteiger partial charge in [-0.2, -0.15) is 0 Å². The van der Waals surface area contributed by atoms with E-state index in [4.69, 9.17) is 23.2 Å². The van der Waals surface area contributed by atoms with E-state index < -0.39 is 15.8 Å². The van der Waals surface area contributed by atoms with E-state index >= 15 is 0 Å². The number of hydrogen-bond donors (Lipinski definition) is 1. The lowest BCUT2D eigenvalue weighted by atomic mass is 10.2. The molecule has 3 nitrogen and oxygen atoms in total. The monoisotopic (exact) mass is 299 g/mol. The van der Waals surface area contributed by atoms with E-state index in [0.717, 1.165) is 6.07 Å². The van der Waals surface area contributed by atoms with Gasteiger partial charge >= 0.3 is 0 Å². The summed E-state index contributed by atoms with van der Waals surface area (Å²) in [6, 6.07) is 1.87. The summed E-state index contributed by atoms with van der Waals surface area (Å²) < 4.78 is 39.4. The lowest BCUT2D eigenvalue weighted by molar-refractivity contribution is 0.566. The molecule has 1 rings (SSSR count). The molecular formula is C10H12Cl2FNO2S. The van der Waals surface area contributed by atoms with Gasteiger partial charge in [-0.05, 0) is 31.5 Å². The molecule has 1 aromatic carbocycles. The van der Waals surface area contributed by atoms with Gasteiger partial charge in [0.15, 0.2) is 0 Å². The Morgan fingerprint density at radius 2 is 2.00 bits per heavy atom. The number of rotatable bonds is 4. The number of benzene rings is 1. The van der Waals surface area contributed by atoms with E-state index in [1.165, 1.54) is 6.07 Å². The highest BCUT2D eigenvalue weighted by atomic mass is 35.5. The lowest BCUT2D eigenvalue weighted by Gasteiger charge is -2.11. The number of hydrogen-bond acceptors (Lipinski definition) is 2. The van der Waals surface area contributed by atoms with E-state index in [0.29, 0.717) is 0 Å². The standard InChI is InChI=1S/C10H12Cl2FNO2S/c1-6(2)14-17(15,16)8-3-7(5-11)10(12)9(13)4-8/h3-4,6,14H,5H2,1-2H3. The molecule has 0 atom stereocenters. The minimum atomic E-state index is -3.74. The topological polar surface area (TPSA) is 46.2 Å². The molecule has 0 radical (unpaired) electrons. The zero-order valence-electron chi connectivity index (χ0n) is 9.30. The molecule has 0 bridgehead atoms. The molecule has 0 spiro atoms. The van der Waals surface area contributed by atoms with Crippen LogP contribution in [0, 0.1) is 5.82 Å². The minimum Gasteiger partial charge on any atom is -0.209 e. The zero-order valence-corrected chi connectivity index (χ0v) is 11.6. The van der Waals surface area contributed by atoms with Crippen molar-refractivity contribution in [3.63, 3.8) is 0 Å². The van der Waals surface area contributed by atoms with Crippen molar-refractivity contribution in [2.24, 2.45) is 0 Å². The summed E-state index contributed by atoms with van der Waals surface area (Å²) in [5, 5.41) is -0.150. The van der Waals surface area contributed by atoms with Gasteiger partial charge in [0.25, 0.3) is 0 Å². The van der Waals surface area contributed by atoms with Crippen molar-refractivity contribution in [1.82, 2.24) is 4.72 Å². The first-order valence-corrected chi connectivity index (χ1v) is 7.23. The third-order valence-corrected chi connectivity index (χ3v) is 4.27. The number of halogens is 3. The Hall–Kier alpha value is -0.360. The van der Waals surface area contributed by atoms with Crippen LogP contribution >= 0.6 is 23.2 Å². The highest BCUT2D eigenvalue weighted by Crippen LogP contribution is 2.25. The Kier molecular flexibility index (Phi) is 4.77. The van der Waals surface area contributed by atoms with Gasteiger partial charge in [-0.25, -0.2) is 17.5 Å². The Labute approximate surface area is 110 Å². The fraction of sp³-hybridized carbons (Fsp3) is 0.400. The first kappa shape index (κ1) is 14.7. The molecule has 0 aliphatic carbocycles. The van der Waals surface area contributed by atoms with E-state index in [2.05, 4.69) is 4.72 Å². The summed E-state index contributed by atoms with van der Waals surface area (Å²) in [4.78, 5) is -0.177. The smallest absolute Gasteiger partial charge is 0.209 e. The first-order valence-electron chi connectivity index (χ1n) is 4.84. The predicted octanol–water partition coefficient (Wildman–Crippen LogP) is 2.90. The van der Waals surface area contributed by atoms with Crippen molar-refractivity contribution in [3.8, 4) is 0 Å². The zero-order chi connectivity index (χ0) is 13.2. The molecule has 0 aliphatic rings. The maximum atomic E-state index is 13.4. The molecule has 0 heterocycles. The normalized spacial score (nSPS) is 12.1. The third kappa shape index (κ3) is 3.55. The van der Waals surface area contributed by atoms with Crippen LogP contribution in [-0.4, -0.2) is 14.5 Å². The second-order valence-electron chi connectivity index (χ2n) is 3.79. The second kappa shape index (κ2) is 5.52. The van der Waals surface area contributed by atoms with E-state index in [-0.39, 0.29) is 27.4 Å². The largest absolute Gasteiger partial charge is 0.240 e. The summed E-state index contributed by atoms with van der Waals surface area (Å²) in [5.74, 6) is -0.852. The Balaban J connectivity index is 3.29. The molecular weight excluding hydrogens is 288 g/mol. The molecule has 1 aromatic rings. The van der Waals surface area contributed by atoms with Crippen molar-refractivity contribution >= 4 is 33.2 Å². The molecule has 1 N–H and O–H groups in total. The minimum absolute atomic E-state index is 0.0548. The van der Waals surface area contributed by atoms with Crippen LogP contribution in [0.3, 0.4) is 0 Å². The van der Waals surface area contributed by atoms with E-state index in [1.807, 2.05) is 0 Å². The maximum Gasteiger partial charge on any atom is 0.240 e. The Morgan fingerprint density at radius 1 is 1.41 bits per heavy atom. The van der Waals surface area contributed by atoms with Crippen LogP contribution in [0.5, 0.6) is 0 Å². The molecule has 96 valence electrons. The van der Waals surface area contributed by atoms with Gasteiger partial charge in [0.1, 0.15) is 5.82 Å². The van der Waals surface area contributed by atoms with Gasteiger partial charge < -0.3 is 0 Å². The third-order valence-electron chi connectivity index (χ3n) is 1.92. The van der Waals surface area contributed by atoms with Crippen molar-refractivity contribution in [2.45, 2.75) is 30.7 Å². The van der Waals surface area contributed by atoms with Crippen molar-refractivity contribution in [3.05, 3.63) is 28.5 Å². The average molecular weight is 300 g/mol. The molecule has 0 saturated heterocycles. The van der Waals surface area contributed by atoms with Gasteiger partial charge in [0, 0.05) is 11.9 Å². The Morgan fingerprint density at radius 3 is 2.47 bits per heavy atom. The van der Waals surface area contributed by atoms with Crippen LogP contribution in [0.25, 0.3) is 0 Å². The quantitative estimate of drug-likeness (QED) is 0.869. The summed E-state index contributed by atoms with van der Waals surface area (Å²) in [6.45, 7) is 3.35. The van der Waals surface area contributed by atoms with Gasteiger partial charge in [-0.3, -0.25) is 0 Å². The van der Waals surface area contributed by atoms with Crippen LogP contribution in [0.1, 0.15) is 19.4 Å². The first-order chi connectivity index (χ1) is 7.77. The van der Waals surface area contributed by atoms with Crippen LogP contribution in [0.15, 0.2) is 17.0 Å². The number of alkyl halides is 1. The number of nitrogens with one attached hydrogen (secondary N) is 1. The summed E-state index contributed by atoms with van der Waals surface area (Å²) in [6.07, 6.45) is 0. The summed E-state index contributed by atoms with van der Waals surface area (Å²) in [5.41, 5.74) is 0.248. The number of sulfonamides is 1. The van der Waals surface area contributed by atoms with Gasteiger partial charge in [0.2, 0.25) is 10.0 Å². The predicted molar refractivity (Wildman–Crippen MR) is 66.4 cm³/mol. The van der Waals surface area contributed by atoms with Gasteiger partial charge in [-0.15, -0.1) is 11.6 Å². The van der Waals surface area contributed by atoms with Crippen molar-refractivity contribution < 1.29 is 12.8 Å². The van der Waals surface area contributed by atoms with Gasteiger partial charge in [0.05, 0.1) is 9.92 Å². The SMILES string of the molecule is CC(C)NS(=O)(=O)c1cc(F)c(Cl)c(CCl)c1. The maximum absolute atomic E-state index is 13.4. The van der Waals surface area contributed by atoms with Gasteiger partial charge in [-0.1, -0.05) is 11.6 Å². The average Bonchev–Trinajstić information content (AvgIpc) is 2.19. The van der Waals surface area contributed by atoms with E-state index in [1.54, 1.807) is 13.8 Å².